The van der Waals surface area contributed by atoms with E-state index in [2.05, 4.69) is 16.1 Å². The van der Waals surface area contributed by atoms with E-state index < -0.39 is 10.0 Å². The minimum atomic E-state index is -3.70. The molecule has 0 saturated carbocycles. The molecule has 7 heteroatoms. The van der Waals surface area contributed by atoms with Gasteiger partial charge in [-0.25, -0.2) is 8.42 Å². The summed E-state index contributed by atoms with van der Waals surface area (Å²) in [5.41, 5.74) is 3.30. The molecule has 6 nitrogen and oxygen atoms in total. The second-order valence-electron chi connectivity index (χ2n) is 6.13. The first-order valence-electron chi connectivity index (χ1n) is 8.46. The molecule has 0 unspecified atom stereocenters. The molecule has 3 aromatic rings. The van der Waals surface area contributed by atoms with Crippen molar-refractivity contribution in [2.24, 2.45) is 0 Å². The molecule has 0 fully saturated rings. The quantitative estimate of drug-likeness (QED) is 0.647. The van der Waals surface area contributed by atoms with E-state index in [-0.39, 0.29) is 4.90 Å². The Kier molecular flexibility index (Phi) is 5.52. The lowest BCUT2D eigenvalue weighted by Crippen LogP contribution is -2.13. The Hall–Kier alpha value is -3.50. The third kappa shape index (κ3) is 4.42. The molecule has 0 radical (unpaired) electrons. The molecule has 0 atom stereocenters. The fraction of sp³-hybridized carbons (Fsp3) is 0.0952. The van der Waals surface area contributed by atoms with Gasteiger partial charge in [0.2, 0.25) is 0 Å². The zero-order valence-electron chi connectivity index (χ0n) is 15.4. The van der Waals surface area contributed by atoms with Crippen LogP contribution in [0.3, 0.4) is 0 Å². The van der Waals surface area contributed by atoms with Crippen molar-refractivity contribution < 1.29 is 13.2 Å². The van der Waals surface area contributed by atoms with Gasteiger partial charge in [-0.15, -0.1) is 0 Å². The Morgan fingerprint density at radius 2 is 1.64 bits per heavy atom. The lowest BCUT2D eigenvalue weighted by molar-refractivity contribution is 0.411. The minimum Gasteiger partial charge on any atom is -0.496 e. The molecule has 3 rings (SSSR count). The summed E-state index contributed by atoms with van der Waals surface area (Å²) in [6.07, 6.45) is 0. The number of anilines is 3. The van der Waals surface area contributed by atoms with E-state index in [0.29, 0.717) is 17.0 Å². The summed E-state index contributed by atoms with van der Waals surface area (Å²) in [6.45, 7) is 1.79. The average Bonchev–Trinajstić information content (AvgIpc) is 2.69. The van der Waals surface area contributed by atoms with Gasteiger partial charge in [-0.1, -0.05) is 6.07 Å². The molecule has 2 N–H and O–H groups in total. The monoisotopic (exact) mass is 393 g/mol. The summed E-state index contributed by atoms with van der Waals surface area (Å²) in [5.74, 6) is 0.634. The van der Waals surface area contributed by atoms with E-state index in [1.165, 1.54) is 6.07 Å². The molecule has 0 aliphatic rings. The summed E-state index contributed by atoms with van der Waals surface area (Å²) >= 11 is 0. The largest absolute Gasteiger partial charge is 0.496 e. The highest BCUT2D eigenvalue weighted by Crippen LogP contribution is 2.24. The van der Waals surface area contributed by atoms with Gasteiger partial charge in [-0.05, 0) is 73.2 Å². The van der Waals surface area contributed by atoms with Gasteiger partial charge in [0.25, 0.3) is 10.0 Å². The molecule has 0 aromatic heterocycles. The Morgan fingerprint density at radius 1 is 0.929 bits per heavy atom. The van der Waals surface area contributed by atoms with Crippen molar-refractivity contribution in [2.75, 3.05) is 17.1 Å². The van der Waals surface area contributed by atoms with Crippen molar-refractivity contribution in [1.29, 1.82) is 5.26 Å². The van der Waals surface area contributed by atoms with Crippen LogP contribution in [0.25, 0.3) is 0 Å². The van der Waals surface area contributed by atoms with Crippen LogP contribution in [-0.2, 0) is 10.0 Å². The van der Waals surface area contributed by atoms with Gasteiger partial charge in [0.05, 0.1) is 23.6 Å². The first kappa shape index (κ1) is 19.3. The summed E-state index contributed by atoms with van der Waals surface area (Å²) in [4.78, 5) is 0.168. The molecule has 0 aliphatic heterocycles. The number of nitriles is 1. The number of benzene rings is 3. The van der Waals surface area contributed by atoms with Crippen LogP contribution >= 0.6 is 0 Å². The molecule has 0 saturated heterocycles. The van der Waals surface area contributed by atoms with Crippen LogP contribution < -0.4 is 14.8 Å². The fourth-order valence-electron chi connectivity index (χ4n) is 2.69. The van der Waals surface area contributed by atoms with Crippen LogP contribution in [-0.4, -0.2) is 15.5 Å². The second kappa shape index (κ2) is 8.03. The lowest BCUT2D eigenvalue weighted by Gasteiger charge is -2.12. The van der Waals surface area contributed by atoms with Gasteiger partial charge < -0.3 is 10.1 Å². The van der Waals surface area contributed by atoms with Crippen LogP contribution in [0.5, 0.6) is 5.75 Å². The standard InChI is InChI=1S/C21H19N3O3S/c1-15-12-20(10-11-21(15)27-2)28(25,26)24-18-8-6-17(7-9-18)23-19-5-3-4-16(13-19)14-22/h3-13,23-24H,1-2H3. The third-order valence-electron chi connectivity index (χ3n) is 4.09. The van der Waals surface area contributed by atoms with E-state index in [4.69, 9.17) is 10.00 Å². The number of hydrogen-bond acceptors (Lipinski definition) is 5. The lowest BCUT2D eigenvalue weighted by atomic mass is 10.2. The number of ether oxygens (including phenoxy) is 1. The minimum absolute atomic E-state index is 0.168. The molecular weight excluding hydrogens is 374 g/mol. The summed E-state index contributed by atoms with van der Waals surface area (Å²) in [6, 6.07) is 20.8. The van der Waals surface area contributed by atoms with Crippen molar-refractivity contribution in [3.63, 3.8) is 0 Å². The van der Waals surface area contributed by atoms with Crippen molar-refractivity contribution in [3.05, 3.63) is 77.9 Å². The van der Waals surface area contributed by atoms with Crippen LogP contribution in [0, 0.1) is 18.3 Å². The molecule has 0 aliphatic carbocycles. The summed E-state index contributed by atoms with van der Waals surface area (Å²) in [7, 11) is -2.16. The summed E-state index contributed by atoms with van der Waals surface area (Å²) < 4.78 is 32.9. The zero-order chi connectivity index (χ0) is 20.1. The number of rotatable bonds is 6. The zero-order valence-corrected chi connectivity index (χ0v) is 16.2. The second-order valence-corrected chi connectivity index (χ2v) is 7.81. The van der Waals surface area contributed by atoms with Crippen molar-refractivity contribution in [2.45, 2.75) is 11.8 Å². The average molecular weight is 393 g/mol. The van der Waals surface area contributed by atoms with E-state index in [1.807, 2.05) is 6.07 Å². The van der Waals surface area contributed by atoms with Crippen LogP contribution in [0.4, 0.5) is 17.1 Å². The highest BCUT2D eigenvalue weighted by atomic mass is 32.2. The first-order valence-corrected chi connectivity index (χ1v) is 9.94. The third-order valence-corrected chi connectivity index (χ3v) is 5.47. The first-order chi connectivity index (χ1) is 13.4. The van der Waals surface area contributed by atoms with E-state index in [9.17, 15) is 8.42 Å². The molecule has 3 aromatic carbocycles. The van der Waals surface area contributed by atoms with Crippen LogP contribution in [0.1, 0.15) is 11.1 Å². The van der Waals surface area contributed by atoms with Crippen molar-refractivity contribution in [3.8, 4) is 11.8 Å². The Bertz CT molecular complexity index is 1130. The van der Waals surface area contributed by atoms with Crippen molar-refractivity contribution in [1.82, 2.24) is 0 Å². The Morgan fingerprint density at radius 3 is 2.29 bits per heavy atom. The van der Waals surface area contributed by atoms with E-state index in [1.54, 1.807) is 68.6 Å². The predicted molar refractivity (Wildman–Crippen MR) is 109 cm³/mol. The molecular formula is C21H19N3O3S. The predicted octanol–water partition coefficient (Wildman–Crippen LogP) is 4.42. The molecule has 28 heavy (non-hydrogen) atoms. The van der Waals surface area contributed by atoms with Crippen molar-refractivity contribution >= 4 is 27.1 Å². The molecule has 0 spiro atoms. The van der Waals surface area contributed by atoms with Crippen LogP contribution in [0.15, 0.2) is 71.6 Å². The van der Waals surface area contributed by atoms with Gasteiger partial charge in [0.1, 0.15) is 5.75 Å². The molecule has 0 bridgehead atoms. The SMILES string of the molecule is COc1ccc(S(=O)(=O)Nc2ccc(Nc3cccc(C#N)c3)cc2)cc1C. The maximum atomic E-state index is 12.6. The number of methoxy groups -OCH3 is 1. The Balaban J connectivity index is 1.74. The maximum Gasteiger partial charge on any atom is 0.261 e. The summed E-state index contributed by atoms with van der Waals surface area (Å²) in [5, 5.41) is 12.1. The van der Waals surface area contributed by atoms with Gasteiger partial charge in [-0.2, -0.15) is 5.26 Å². The van der Waals surface area contributed by atoms with Gasteiger partial charge in [0.15, 0.2) is 0 Å². The van der Waals surface area contributed by atoms with Gasteiger partial charge in [0, 0.05) is 17.1 Å². The van der Waals surface area contributed by atoms with Gasteiger partial charge in [-0.3, -0.25) is 4.72 Å². The molecule has 142 valence electrons. The smallest absolute Gasteiger partial charge is 0.261 e. The number of hydrogen-bond donors (Lipinski definition) is 2. The Labute approximate surface area is 164 Å². The highest BCUT2D eigenvalue weighted by Gasteiger charge is 2.15. The number of aryl methyl sites for hydroxylation is 1. The van der Waals surface area contributed by atoms with Crippen LogP contribution in [0.2, 0.25) is 0 Å². The van der Waals surface area contributed by atoms with E-state index >= 15 is 0 Å². The van der Waals surface area contributed by atoms with Gasteiger partial charge >= 0.3 is 0 Å². The topological polar surface area (TPSA) is 91.2 Å². The number of nitrogens with one attached hydrogen (secondary N) is 2. The number of sulfonamides is 1. The fourth-order valence-corrected chi connectivity index (χ4v) is 3.83. The number of nitrogens with zero attached hydrogens (tertiary/aromatic N) is 1. The van der Waals surface area contributed by atoms with E-state index in [0.717, 1.165) is 16.9 Å². The molecule has 0 amide bonds. The highest BCUT2D eigenvalue weighted by molar-refractivity contribution is 7.92. The maximum absolute atomic E-state index is 12.6. The normalized spacial score (nSPS) is 10.8. The molecule has 0 heterocycles.